The van der Waals surface area contributed by atoms with E-state index in [2.05, 4.69) is 10.5 Å². The summed E-state index contributed by atoms with van der Waals surface area (Å²) in [6.45, 7) is 1.83. The average molecular weight is 407 g/mol. The molecule has 0 radical (unpaired) electrons. The molecule has 0 unspecified atom stereocenters. The van der Waals surface area contributed by atoms with Crippen molar-refractivity contribution in [3.05, 3.63) is 59.1 Å². The lowest BCUT2D eigenvalue weighted by Gasteiger charge is -2.08. The Labute approximate surface area is 166 Å². The molecule has 1 amide bonds. The molecule has 0 aliphatic heterocycles. The Morgan fingerprint density at radius 2 is 1.93 bits per heavy atom. The maximum Gasteiger partial charge on any atom is 0.344 e. The van der Waals surface area contributed by atoms with Gasteiger partial charge < -0.3 is 9.47 Å². The lowest BCUT2D eigenvalue weighted by Crippen LogP contribution is -2.19. The highest BCUT2D eigenvalue weighted by atomic mass is 35.5. The van der Waals surface area contributed by atoms with Crippen LogP contribution in [0, 0.1) is 0 Å². The molecular weight excluding hydrogens is 388 g/mol. The van der Waals surface area contributed by atoms with Crippen molar-refractivity contribution in [1.82, 2.24) is 5.43 Å². The minimum Gasteiger partial charge on any atom is -0.481 e. The second kappa shape index (κ2) is 11.3. The van der Waals surface area contributed by atoms with Gasteiger partial charge in [-0.1, -0.05) is 23.7 Å². The van der Waals surface area contributed by atoms with Crippen molar-refractivity contribution in [2.75, 3.05) is 19.0 Å². The summed E-state index contributed by atoms with van der Waals surface area (Å²) < 4.78 is 10.3. The number of hydrogen-bond acceptors (Lipinski definition) is 6. The number of hydrogen-bond donors (Lipinski definition) is 1. The number of amides is 1. The summed E-state index contributed by atoms with van der Waals surface area (Å²) in [5.41, 5.74) is 3.09. The number of nitrogens with zero attached hydrogens (tertiary/aromatic N) is 1. The number of rotatable bonds is 9. The molecule has 0 atom stereocenters. The van der Waals surface area contributed by atoms with Crippen molar-refractivity contribution in [2.45, 2.75) is 11.8 Å². The molecule has 0 spiro atoms. The van der Waals surface area contributed by atoms with E-state index in [-0.39, 0.29) is 18.3 Å². The van der Waals surface area contributed by atoms with Gasteiger partial charge in [0.2, 0.25) is 5.91 Å². The summed E-state index contributed by atoms with van der Waals surface area (Å²) in [7, 11) is 0. The number of hydrazone groups is 1. The van der Waals surface area contributed by atoms with E-state index in [1.165, 1.54) is 18.0 Å². The summed E-state index contributed by atoms with van der Waals surface area (Å²) in [6.07, 6.45) is 1.46. The largest absolute Gasteiger partial charge is 0.481 e. The second-order valence-electron chi connectivity index (χ2n) is 5.17. The van der Waals surface area contributed by atoms with Gasteiger partial charge in [0.25, 0.3) is 0 Å². The van der Waals surface area contributed by atoms with E-state index in [1.54, 1.807) is 43.3 Å². The van der Waals surface area contributed by atoms with Crippen molar-refractivity contribution >= 4 is 41.5 Å². The molecule has 8 heteroatoms. The van der Waals surface area contributed by atoms with Crippen LogP contribution in [0.15, 0.2) is 58.5 Å². The van der Waals surface area contributed by atoms with Gasteiger partial charge in [0.05, 0.1) is 18.6 Å². The van der Waals surface area contributed by atoms with Gasteiger partial charge in [-0.15, -0.1) is 11.8 Å². The van der Waals surface area contributed by atoms with E-state index in [9.17, 15) is 9.59 Å². The minimum absolute atomic E-state index is 0.192. The fourth-order valence-electron chi connectivity index (χ4n) is 1.94. The molecule has 0 aromatic heterocycles. The first-order valence-electron chi connectivity index (χ1n) is 8.16. The molecule has 6 nitrogen and oxygen atoms in total. The highest BCUT2D eigenvalue weighted by molar-refractivity contribution is 8.00. The molecular formula is C19H19ClN2O4S. The van der Waals surface area contributed by atoms with E-state index in [0.29, 0.717) is 22.9 Å². The van der Waals surface area contributed by atoms with Gasteiger partial charge in [-0.25, -0.2) is 10.2 Å². The predicted octanol–water partition coefficient (Wildman–Crippen LogP) is 3.52. The normalized spacial score (nSPS) is 10.6. The Hall–Kier alpha value is -2.51. The van der Waals surface area contributed by atoms with Gasteiger partial charge in [-0.05, 0) is 43.3 Å². The molecule has 1 N–H and O–H groups in total. The quantitative estimate of drug-likeness (QED) is 0.298. The number of benzene rings is 2. The monoisotopic (exact) mass is 406 g/mol. The van der Waals surface area contributed by atoms with Crippen molar-refractivity contribution in [1.29, 1.82) is 0 Å². The Balaban J connectivity index is 1.83. The van der Waals surface area contributed by atoms with Gasteiger partial charge in [0.1, 0.15) is 5.75 Å². The summed E-state index contributed by atoms with van der Waals surface area (Å²) in [6, 6.07) is 14.3. The first-order valence-corrected chi connectivity index (χ1v) is 9.52. The highest BCUT2D eigenvalue weighted by Gasteiger charge is 2.06. The molecule has 2 aromatic rings. The van der Waals surface area contributed by atoms with Gasteiger partial charge >= 0.3 is 5.97 Å². The molecule has 0 saturated carbocycles. The lowest BCUT2D eigenvalue weighted by molar-refractivity contribution is -0.145. The number of nitrogens with one attached hydrogen (secondary N) is 1. The zero-order chi connectivity index (χ0) is 19.5. The van der Waals surface area contributed by atoms with E-state index in [0.717, 1.165) is 4.90 Å². The van der Waals surface area contributed by atoms with E-state index in [1.807, 2.05) is 12.1 Å². The molecule has 0 aliphatic carbocycles. The summed E-state index contributed by atoms with van der Waals surface area (Å²) >= 11 is 7.21. The van der Waals surface area contributed by atoms with Crippen molar-refractivity contribution in [3.63, 3.8) is 0 Å². The van der Waals surface area contributed by atoms with Crippen LogP contribution in [-0.4, -0.2) is 37.1 Å². The third kappa shape index (κ3) is 7.72. The number of para-hydroxylation sites is 1. The second-order valence-corrected chi connectivity index (χ2v) is 6.65. The predicted molar refractivity (Wildman–Crippen MR) is 106 cm³/mol. The van der Waals surface area contributed by atoms with Crippen LogP contribution in [0.4, 0.5) is 0 Å². The Morgan fingerprint density at radius 3 is 2.67 bits per heavy atom. The standard InChI is InChI=1S/C19H19ClN2O4S/c1-2-25-19(24)12-26-17-6-4-3-5-14(17)11-21-22-18(23)13-27-16-9-7-15(20)8-10-16/h3-11H,2,12-13H2,1H3,(H,22,23)/b21-11-. The number of halogens is 1. The van der Waals surface area contributed by atoms with Gasteiger partial charge in [0.15, 0.2) is 6.61 Å². The van der Waals surface area contributed by atoms with Crippen LogP contribution >= 0.6 is 23.4 Å². The number of carbonyl (C=O) groups excluding carboxylic acids is 2. The van der Waals surface area contributed by atoms with Gasteiger partial charge in [-0.2, -0.15) is 5.10 Å². The number of thioether (sulfide) groups is 1. The van der Waals surface area contributed by atoms with Gasteiger partial charge in [0, 0.05) is 15.5 Å². The van der Waals surface area contributed by atoms with Crippen LogP contribution in [-0.2, 0) is 14.3 Å². The molecule has 27 heavy (non-hydrogen) atoms. The first-order chi connectivity index (χ1) is 13.1. The Morgan fingerprint density at radius 1 is 1.19 bits per heavy atom. The van der Waals surface area contributed by atoms with Crippen LogP contribution in [0.2, 0.25) is 5.02 Å². The van der Waals surface area contributed by atoms with Crippen molar-refractivity contribution in [3.8, 4) is 5.75 Å². The molecule has 0 heterocycles. The third-order valence-corrected chi connectivity index (χ3v) is 4.41. The zero-order valence-corrected chi connectivity index (χ0v) is 16.3. The van der Waals surface area contributed by atoms with Crippen LogP contribution < -0.4 is 10.2 Å². The molecule has 2 rings (SSSR count). The minimum atomic E-state index is -0.447. The molecule has 0 aliphatic rings. The fraction of sp³-hybridized carbons (Fsp3) is 0.211. The molecule has 142 valence electrons. The SMILES string of the molecule is CCOC(=O)COc1ccccc1/C=N\NC(=O)CSc1ccc(Cl)cc1. The first kappa shape index (κ1) is 20.8. The van der Waals surface area contributed by atoms with Crippen LogP contribution in [0.3, 0.4) is 0 Å². The summed E-state index contributed by atoms with van der Waals surface area (Å²) in [5, 5.41) is 4.59. The lowest BCUT2D eigenvalue weighted by atomic mass is 10.2. The summed E-state index contributed by atoms with van der Waals surface area (Å²) in [5.74, 6) is 0.00644. The number of esters is 1. The van der Waals surface area contributed by atoms with Crippen LogP contribution in [0.25, 0.3) is 0 Å². The Bertz CT molecular complexity index is 797. The van der Waals surface area contributed by atoms with Crippen LogP contribution in [0.1, 0.15) is 12.5 Å². The summed E-state index contributed by atoms with van der Waals surface area (Å²) in [4.78, 5) is 24.2. The third-order valence-electron chi connectivity index (χ3n) is 3.15. The smallest absolute Gasteiger partial charge is 0.344 e. The number of carbonyl (C=O) groups is 2. The maximum atomic E-state index is 11.9. The zero-order valence-electron chi connectivity index (χ0n) is 14.7. The molecule has 0 fully saturated rings. The topological polar surface area (TPSA) is 77.0 Å². The molecule has 0 bridgehead atoms. The molecule has 0 saturated heterocycles. The van der Waals surface area contributed by atoms with Crippen molar-refractivity contribution in [2.24, 2.45) is 5.10 Å². The maximum absolute atomic E-state index is 11.9. The van der Waals surface area contributed by atoms with Crippen LogP contribution in [0.5, 0.6) is 5.75 Å². The van der Waals surface area contributed by atoms with E-state index >= 15 is 0 Å². The number of ether oxygens (including phenoxy) is 2. The van der Waals surface area contributed by atoms with Gasteiger partial charge in [-0.3, -0.25) is 4.79 Å². The Kier molecular flexibility index (Phi) is 8.67. The molecule has 2 aromatic carbocycles. The highest BCUT2D eigenvalue weighted by Crippen LogP contribution is 2.20. The fourth-order valence-corrected chi connectivity index (χ4v) is 2.76. The van der Waals surface area contributed by atoms with E-state index < -0.39 is 5.97 Å². The van der Waals surface area contributed by atoms with E-state index in [4.69, 9.17) is 21.1 Å². The van der Waals surface area contributed by atoms with Crippen molar-refractivity contribution < 1.29 is 19.1 Å². The average Bonchev–Trinajstić information content (AvgIpc) is 2.67.